The molecule has 5 heteroatoms. The van der Waals surface area contributed by atoms with E-state index in [9.17, 15) is 14.6 Å². The molecule has 108 valence electrons. The fourth-order valence-electron chi connectivity index (χ4n) is 2.26. The third-order valence-corrected chi connectivity index (χ3v) is 4.12. The van der Waals surface area contributed by atoms with Crippen LogP contribution in [0.2, 0.25) is 0 Å². The van der Waals surface area contributed by atoms with Crippen LogP contribution in [-0.4, -0.2) is 21.2 Å². The first-order chi connectivity index (χ1) is 8.13. The van der Waals surface area contributed by atoms with Crippen LogP contribution < -0.4 is 0 Å². The second kappa shape index (κ2) is 7.54. The Kier molecular flexibility index (Phi) is 7.53. The lowest BCUT2D eigenvalue weighted by atomic mass is 9.76. The fourth-order valence-corrected chi connectivity index (χ4v) is 3.08. The Morgan fingerprint density at radius 1 is 1.11 bits per heavy atom. The van der Waals surface area contributed by atoms with Crippen LogP contribution in [0.25, 0.3) is 0 Å². The third-order valence-electron chi connectivity index (χ3n) is 3.61. The van der Waals surface area contributed by atoms with Gasteiger partial charge < -0.3 is 14.3 Å². The number of carbonyl (C=O) groups excluding carboxylic acids is 1. The Bertz CT molecular complexity index is 254. The molecule has 0 bridgehead atoms. The molecule has 0 aliphatic carbocycles. The van der Waals surface area contributed by atoms with E-state index in [1.54, 1.807) is 0 Å². The maximum absolute atomic E-state index is 11.7. The van der Waals surface area contributed by atoms with Crippen molar-refractivity contribution in [2.24, 2.45) is 17.8 Å². The molecule has 0 rings (SSSR count). The summed E-state index contributed by atoms with van der Waals surface area (Å²) in [6, 6.07) is 0. The van der Waals surface area contributed by atoms with Gasteiger partial charge in [0, 0.05) is 12.3 Å². The quantitative estimate of drug-likeness (QED) is 0.669. The summed E-state index contributed by atoms with van der Waals surface area (Å²) in [4.78, 5) is 30.1. The van der Waals surface area contributed by atoms with E-state index >= 15 is 0 Å². The van der Waals surface area contributed by atoms with Crippen LogP contribution in [0.3, 0.4) is 0 Å². The molecule has 0 unspecified atom stereocenters. The van der Waals surface area contributed by atoms with Gasteiger partial charge in [-0.05, 0) is 18.3 Å². The van der Waals surface area contributed by atoms with Crippen molar-refractivity contribution in [3.63, 3.8) is 0 Å². The SMILES string of the molecule is CC(C)C(=O)CCC(OP(O)O)(C(C)C)C(C)C. The predicted molar refractivity (Wildman–Crippen MR) is 73.9 cm³/mol. The second-order valence-corrected chi connectivity index (χ2v) is 6.42. The van der Waals surface area contributed by atoms with Crippen LogP contribution in [0.1, 0.15) is 54.4 Å². The molecule has 2 N–H and O–H groups in total. The molecule has 0 heterocycles. The molecule has 4 nitrogen and oxygen atoms in total. The molecular formula is C13H27O4P. The summed E-state index contributed by atoms with van der Waals surface area (Å²) in [6.07, 6.45) is 0.941. The highest BCUT2D eigenvalue weighted by atomic mass is 31.2. The van der Waals surface area contributed by atoms with Crippen molar-refractivity contribution in [1.29, 1.82) is 0 Å². The molecule has 0 aromatic heterocycles. The topological polar surface area (TPSA) is 66.8 Å². The van der Waals surface area contributed by atoms with Gasteiger partial charge in [-0.15, -0.1) is 0 Å². The van der Waals surface area contributed by atoms with Crippen LogP contribution >= 0.6 is 8.60 Å². The summed E-state index contributed by atoms with van der Waals surface area (Å²) in [5.41, 5.74) is -0.653. The lowest BCUT2D eigenvalue weighted by molar-refractivity contribution is -0.124. The lowest BCUT2D eigenvalue weighted by Gasteiger charge is -2.41. The molecule has 0 aliphatic heterocycles. The standard InChI is InChI=1S/C13H27O4P/c1-9(2)12(14)7-8-13(10(3)4,11(5)6)17-18(15)16/h9-11,15-16H,7-8H2,1-6H3. The molecule has 18 heavy (non-hydrogen) atoms. The van der Waals surface area contributed by atoms with E-state index < -0.39 is 14.2 Å². The van der Waals surface area contributed by atoms with Crippen molar-refractivity contribution in [2.75, 3.05) is 0 Å². The normalized spacial score (nSPS) is 13.1. The fraction of sp³-hybridized carbons (Fsp3) is 0.923. The Morgan fingerprint density at radius 3 is 1.83 bits per heavy atom. The Morgan fingerprint density at radius 2 is 1.56 bits per heavy atom. The molecule has 0 saturated heterocycles. The Hall–Kier alpha value is -0.0200. The van der Waals surface area contributed by atoms with Crippen molar-refractivity contribution in [2.45, 2.75) is 60.0 Å². The van der Waals surface area contributed by atoms with Gasteiger partial charge in [-0.25, -0.2) is 0 Å². The lowest BCUT2D eigenvalue weighted by Crippen LogP contribution is -2.43. The third kappa shape index (κ3) is 4.93. The Labute approximate surface area is 112 Å². The number of hydrogen-bond acceptors (Lipinski definition) is 4. The first kappa shape index (κ1) is 18.0. The molecule has 0 aromatic carbocycles. The first-order valence-electron chi connectivity index (χ1n) is 6.53. The molecule has 0 amide bonds. The van der Waals surface area contributed by atoms with Crippen LogP contribution in [0.15, 0.2) is 0 Å². The highest BCUT2D eigenvalue weighted by Gasteiger charge is 2.40. The van der Waals surface area contributed by atoms with E-state index in [1.807, 2.05) is 41.5 Å². The zero-order chi connectivity index (χ0) is 14.5. The van der Waals surface area contributed by atoms with Gasteiger partial charge in [0.2, 0.25) is 0 Å². The molecule has 0 aromatic rings. The molecule has 0 fully saturated rings. The van der Waals surface area contributed by atoms with E-state index in [1.165, 1.54) is 0 Å². The van der Waals surface area contributed by atoms with Crippen molar-refractivity contribution >= 4 is 14.4 Å². The Balaban J connectivity index is 4.90. The monoisotopic (exact) mass is 278 g/mol. The summed E-state index contributed by atoms with van der Waals surface area (Å²) >= 11 is 0. The smallest absolute Gasteiger partial charge is 0.327 e. The number of rotatable bonds is 8. The van der Waals surface area contributed by atoms with E-state index in [0.29, 0.717) is 12.8 Å². The summed E-state index contributed by atoms with van der Waals surface area (Å²) in [5, 5.41) is 0. The second-order valence-electron chi connectivity index (χ2n) is 5.73. The zero-order valence-electron chi connectivity index (χ0n) is 12.3. The van der Waals surface area contributed by atoms with Crippen LogP contribution in [-0.2, 0) is 9.32 Å². The largest absolute Gasteiger partial charge is 0.328 e. The van der Waals surface area contributed by atoms with E-state index in [0.717, 1.165) is 0 Å². The molecule has 0 aliphatic rings. The molecule has 0 radical (unpaired) electrons. The van der Waals surface area contributed by atoms with Crippen molar-refractivity contribution in [3.8, 4) is 0 Å². The van der Waals surface area contributed by atoms with E-state index in [4.69, 9.17) is 4.52 Å². The average molecular weight is 278 g/mol. The first-order valence-corrected chi connectivity index (χ1v) is 7.69. The van der Waals surface area contributed by atoms with Gasteiger partial charge in [0.15, 0.2) is 0 Å². The maximum atomic E-state index is 11.7. The van der Waals surface area contributed by atoms with Crippen LogP contribution in [0, 0.1) is 17.8 Å². The van der Waals surface area contributed by atoms with Gasteiger partial charge in [-0.1, -0.05) is 41.5 Å². The van der Waals surface area contributed by atoms with Crippen molar-refractivity contribution in [1.82, 2.24) is 0 Å². The highest BCUT2D eigenvalue weighted by Crippen LogP contribution is 2.44. The van der Waals surface area contributed by atoms with E-state index in [2.05, 4.69) is 0 Å². The summed E-state index contributed by atoms with van der Waals surface area (Å²) in [6.45, 7) is 11.7. The minimum atomic E-state index is -2.41. The van der Waals surface area contributed by atoms with E-state index in [-0.39, 0.29) is 23.5 Å². The van der Waals surface area contributed by atoms with Gasteiger partial charge in [-0.3, -0.25) is 4.79 Å². The molecule has 0 saturated carbocycles. The van der Waals surface area contributed by atoms with Crippen molar-refractivity contribution < 1.29 is 19.1 Å². The predicted octanol–water partition coefficient (Wildman–Crippen LogP) is 3.27. The van der Waals surface area contributed by atoms with Gasteiger partial charge in [-0.2, -0.15) is 0 Å². The molecule has 0 atom stereocenters. The van der Waals surface area contributed by atoms with Crippen molar-refractivity contribution in [3.05, 3.63) is 0 Å². The number of carbonyl (C=O) groups is 1. The minimum absolute atomic E-state index is 0.00629. The number of hydrogen-bond donors (Lipinski definition) is 2. The molecular weight excluding hydrogens is 251 g/mol. The summed E-state index contributed by atoms with van der Waals surface area (Å²) in [5.74, 6) is 0.416. The van der Waals surface area contributed by atoms with Gasteiger partial charge in [0.1, 0.15) is 5.78 Å². The van der Waals surface area contributed by atoms with Gasteiger partial charge in [0.05, 0.1) is 5.60 Å². The zero-order valence-corrected chi connectivity index (χ0v) is 13.2. The highest BCUT2D eigenvalue weighted by molar-refractivity contribution is 7.39. The van der Waals surface area contributed by atoms with Crippen LogP contribution in [0.5, 0.6) is 0 Å². The maximum Gasteiger partial charge on any atom is 0.327 e. The minimum Gasteiger partial charge on any atom is -0.328 e. The van der Waals surface area contributed by atoms with Gasteiger partial charge in [0.25, 0.3) is 0 Å². The van der Waals surface area contributed by atoms with Gasteiger partial charge >= 0.3 is 8.60 Å². The summed E-state index contributed by atoms with van der Waals surface area (Å²) in [7, 11) is -2.41. The van der Waals surface area contributed by atoms with Crippen LogP contribution in [0.4, 0.5) is 0 Å². The number of ketones is 1. The summed E-state index contributed by atoms with van der Waals surface area (Å²) < 4.78 is 5.41. The molecule has 0 spiro atoms. The number of Topliss-reactive ketones (excluding diaryl/α,β-unsaturated/α-hetero) is 1. The average Bonchev–Trinajstić information content (AvgIpc) is 2.21.